The number of amides is 1. The zero-order valence-electron chi connectivity index (χ0n) is 12.9. The van der Waals surface area contributed by atoms with Crippen LogP contribution < -0.4 is 10.1 Å². The summed E-state index contributed by atoms with van der Waals surface area (Å²) < 4.78 is 10.7. The number of hydrogen-bond donors (Lipinski definition) is 1. The van der Waals surface area contributed by atoms with E-state index in [1.165, 1.54) is 0 Å². The van der Waals surface area contributed by atoms with Gasteiger partial charge in [-0.1, -0.05) is 18.2 Å². The second-order valence-electron chi connectivity index (χ2n) is 5.62. The maximum absolute atomic E-state index is 12.6. The van der Waals surface area contributed by atoms with E-state index in [9.17, 15) is 4.79 Å². The van der Waals surface area contributed by atoms with Crippen LogP contribution in [0.3, 0.4) is 0 Å². The smallest absolute Gasteiger partial charge is 0.252 e. The predicted molar refractivity (Wildman–Crippen MR) is 83.6 cm³/mol. The van der Waals surface area contributed by atoms with Crippen molar-refractivity contribution >= 4 is 5.91 Å². The highest BCUT2D eigenvalue weighted by molar-refractivity contribution is 5.93. The van der Waals surface area contributed by atoms with Gasteiger partial charge in [0.05, 0.1) is 31.6 Å². The summed E-state index contributed by atoms with van der Waals surface area (Å²) in [5.41, 5.74) is 1.88. The minimum Gasteiger partial charge on any atom is -0.501 e. The van der Waals surface area contributed by atoms with Gasteiger partial charge in [-0.05, 0) is 18.9 Å². The molecule has 1 atom stereocenters. The lowest BCUT2D eigenvalue weighted by molar-refractivity contribution is -0.128. The highest BCUT2D eigenvalue weighted by Crippen LogP contribution is 2.27. The summed E-state index contributed by atoms with van der Waals surface area (Å²) in [5.74, 6) is 0.954. The molecule has 2 aliphatic rings. The van der Waals surface area contributed by atoms with Crippen LogP contribution in [0.25, 0.3) is 0 Å². The van der Waals surface area contributed by atoms with Gasteiger partial charge >= 0.3 is 0 Å². The van der Waals surface area contributed by atoms with Crippen molar-refractivity contribution in [2.45, 2.75) is 18.9 Å². The molecule has 1 saturated heterocycles. The lowest BCUT2D eigenvalue weighted by atomic mass is 10.0. The van der Waals surface area contributed by atoms with Crippen molar-refractivity contribution < 1.29 is 14.3 Å². The second kappa shape index (κ2) is 6.83. The number of benzene rings is 1. The number of para-hydroxylation sites is 1. The number of methoxy groups -OCH3 is 1. The van der Waals surface area contributed by atoms with Crippen molar-refractivity contribution in [1.82, 2.24) is 10.2 Å². The van der Waals surface area contributed by atoms with Crippen LogP contribution in [0.4, 0.5) is 0 Å². The molecule has 3 rings (SSSR count). The third kappa shape index (κ3) is 3.09. The molecule has 5 heteroatoms. The number of hydrogen-bond acceptors (Lipinski definition) is 4. The van der Waals surface area contributed by atoms with Crippen LogP contribution in [0.15, 0.2) is 36.1 Å². The van der Waals surface area contributed by atoms with E-state index >= 15 is 0 Å². The Morgan fingerprint density at radius 2 is 2.27 bits per heavy atom. The van der Waals surface area contributed by atoms with E-state index in [1.54, 1.807) is 13.4 Å². The average molecular weight is 302 g/mol. The van der Waals surface area contributed by atoms with E-state index in [0.717, 1.165) is 42.8 Å². The van der Waals surface area contributed by atoms with Gasteiger partial charge in [0, 0.05) is 25.2 Å². The van der Waals surface area contributed by atoms with E-state index in [4.69, 9.17) is 9.47 Å². The standard InChI is InChI=1S/C17H22N2O3/c1-21-16-7-3-2-6-14(16)15-11-19(9-8-18-15)17(20)13-5-4-10-22-12-13/h2-3,6-7,12,15,18H,4-5,8-11H2,1H3. The lowest BCUT2D eigenvalue weighted by Gasteiger charge is -2.35. The molecule has 1 N–H and O–H groups in total. The molecule has 5 nitrogen and oxygen atoms in total. The molecule has 1 aromatic carbocycles. The molecule has 0 aromatic heterocycles. The summed E-state index contributed by atoms with van der Waals surface area (Å²) in [6.07, 6.45) is 3.35. The van der Waals surface area contributed by atoms with Crippen molar-refractivity contribution in [3.63, 3.8) is 0 Å². The molecule has 1 aromatic rings. The maximum Gasteiger partial charge on any atom is 0.252 e. The Bertz CT molecular complexity index is 571. The Morgan fingerprint density at radius 1 is 1.41 bits per heavy atom. The molecule has 2 aliphatic heterocycles. The average Bonchev–Trinajstić information content (AvgIpc) is 2.62. The zero-order valence-corrected chi connectivity index (χ0v) is 12.9. The van der Waals surface area contributed by atoms with Crippen LogP contribution in [0.5, 0.6) is 5.75 Å². The maximum atomic E-state index is 12.6. The number of nitrogens with zero attached hydrogens (tertiary/aromatic N) is 1. The first-order chi connectivity index (χ1) is 10.8. The van der Waals surface area contributed by atoms with Crippen LogP contribution in [0.2, 0.25) is 0 Å². The van der Waals surface area contributed by atoms with Crippen LogP contribution in [-0.4, -0.2) is 44.2 Å². The Morgan fingerprint density at radius 3 is 3.05 bits per heavy atom. The molecule has 22 heavy (non-hydrogen) atoms. The summed E-state index contributed by atoms with van der Waals surface area (Å²) in [5, 5.41) is 3.47. The Balaban J connectivity index is 1.74. The molecular formula is C17H22N2O3. The number of rotatable bonds is 3. The summed E-state index contributed by atoms with van der Waals surface area (Å²) in [4.78, 5) is 14.5. The zero-order chi connectivity index (χ0) is 15.4. The number of carbonyl (C=O) groups excluding carboxylic acids is 1. The first-order valence-electron chi connectivity index (χ1n) is 7.76. The lowest BCUT2D eigenvalue weighted by Crippen LogP contribution is -2.48. The molecular weight excluding hydrogens is 280 g/mol. The summed E-state index contributed by atoms with van der Waals surface area (Å²) in [6.45, 7) is 2.86. The van der Waals surface area contributed by atoms with Gasteiger partial charge < -0.3 is 19.7 Å². The van der Waals surface area contributed by atoms with Crippen LogP contribution in [-0.2, 0) is 9.53 Å². The van der Waals surface area contributed by atoms with E-state index in [1.807, 2.05) is 29.2 Å². The minimum absolute atomic E-state index is 0.0963. The molecule has 0 radical (unpaired) electrons. The number of piperazine rings is 1. The molecule has 0 aliphatic carbocycles. The number of ether oxygens (including phenoxy) is 2. The molecule has 2 heterocycles. The second-order valence-corrected chi connectivity index (χ2v) is 5.62. The highest BCUT2D eigenvalue weighted by atomic mass is 16.5. The molecule has 0 spiro atoms. The van der Waals surface area contributed by atoms with Crippen LogP contribution in [0.1, 0.15) is 24.4 Å². The Kier molecular flexibility index (Phi) is 4.63. The van der Waals surface area contributed by atoms with Gasteiger partial charge in [-0.25, -0.2) is 0 Å². The molecule has 0 bridgehead atoms. The van der Waals surface area contributed by atoms with Gasteiger partial charge in [0.25, 0.3) is 5.91 Å². The normalized spacial score (nSPS) is 21.8. The van der Waals surface area contributed by atoms with Gasteiger partial charge in [0.2, 0.25) is 0 Å². The summed E-state index contributed by atoms with van der Waals surface area (Å²) in [7, 11) is 1.68. The quantitative estimate of drug-likeness (QED) is 0.926. The van der Waals surface area contributed by atoms with E-state index in [0.29, 0.717) is 13.2 Å². The predicted octanol–water partition coefficient (Wildman–Crippen LogP) is 1.86. The highest BCUT2D eigenvalue weighted by Gasteiger charge is 2.28. The molecule has 1 fully saturated rings. The first-order valence-corrected chi connectivity index (χ1v) is 7.76. The SMILES string of the molecule is COc1ccccc1C1CN(C(=O)C2=COCCC2)CCN1. The van der Waals surface area contributed by atoms with Crippen molar-refractivity contribution in [1.29, 1.82) is 0 Å². The van der Waals surface area contributed by atoms with Crippen LogP contribution in [0, 0.1) is 0 Å². The molecule has 0 saturated carbocycles. The third-order valence-corrected chi connectivity index (χ3v) is 4.19. The van der Waals surface area contributed by atoms with Crippen molar-refractivity contribution in [2.75, 3.05) is 33.4 Å². The first kappa shape index (κ1) is 14.9. The fourth-order valence-electron chi connectivity index (χ4n) is 3.02. The molecule has 118 valence electrons. The topological polar surface area (TPSA) is 50.8 Å². The van der Waals surface area contributed by atoms with Gasteiger partial charge in [-0.3, -0.25) is 4.79 Å². The fourth-order valence-corrected chi connectivity index (χ4v) is 3.02. The monoisotopic (exact) mass is 302 g/mol. The van der Waals surface area contributed by atoms with E-state index in [2.05, 4.69) is 5.32 Å². The van der Waals surface area contributed by atoms with Crippen molar-refractivity contribution in [2.24, 2.45) is 0 Å². The number of nitrogens with one attached hydrogen (secondary N) is 1. The third-order valence-electron chi connectivity index (χ3n) is 4.19. The van der Waals surface area contributed by atoms with E-state index in [-0.39, 0.29) is 11.9 Å². The van der Waals surface area contributed by atoms with Crippen molar-refractivity contribution in [3.8, 4) is 5.75 Å². The van der Waals surface area contributed by atoms with Crippen molar-refractivity contribution in [3.05, 3.63) is 41.7 Å². The molecule has 1 amide bonds. The van der Waals surface area contributed by atoms with E-state index < -0.39 is 0 Å². The Hall–Kier alpha value is -2.01. The summed E-state index contributed by atoms with van der Waals surface area (Å²) in [6, 6.07) is 8.05. The fraction of sp³-hybridized carbons (Fsp3) is 0.471. The van der Waals surface area contributed by atoms with Crippen LogP contribution >= 0.6 is 0 Å². The van der Waals surface area contributed by atoms with Gasteiger partial charge in [-0.2, -0.15) is 0 Å². The van der Waals surface area contributed by atoms with Gasteiger partial charge in [0.1, 0.15) is 5.75 Å². The largest absolute Gasteiger partial charge is 0.501 e. The summed E-state index contributed by atoms with van der Waals surface area (Å²) >= 11 is 0. The Labute approximate surface area is 130 Å². The number of carbonyl (C=O) groups is 1. The van der Waals surface area contributed by atoms with Gasteiger partial charge in [-0.15, -0.1) is 0 Å². The molecule has 1 unspecified atom stereocenters. The minimum atomic E-state index is 0.0963. The van der Waals surface area contributed by atoms with Gasteiger partial charge in [0.15, 0.2) is 0 Å².